The van der Waals surface area contributed by atoms with Gasteiger partial charge in [0.1, 0.15) is 0 Å². The molecular weight excluding hydrogens is 312 g/mol. The van der Waals surface area contributed by atoms with E-state index in [0.29, 0.717) is 5.92 Å². The molecule has 0 aromatic carbocycles. The molecule has 140 valence electrons. The second-order valence-electron chi connectivity index (χ2n) is 9.82. The predicted molar refractivity (Wildman–Crippen MR) is 97.8 cm³/mol. The van der Waals surface area contributed by atoms with E-state index in [-0.39, 0.29) is 17.5 Å². The van der Waals surface area contributed by atoms with Crippen LogP contribution in [0.25, 0.3) is 0 Å². The molecular formula is C21H34N2O2. The molecule has 5 fully saturated rings. The maximum Gasteiger partial charge on any atom is 0.309 e. The second kappa shape index (κ2) is 6.59. The summed E-state index contributed by atoms with van der Waals surface area (Å²) in [5.41, 5.74) is 0.253. The van der Waals surface area contributed by atoms with Crippen LogP contribution in [0.2, 0.25) is 0 Å². The molecule has 5 rings (SSSR count). The SMILES string of the molecule is CC1CCCCC1NC(=O)C(=O)NC(C)C12CC3CC(CC(C3)C1)C2. The highest BCUT2D eigenvalue weighted by atomic mass is 16.2. The average molecular weight is 347 g/mol. The van der Waals surface area contributed by atoms with Gasteiger partial charge < -0.3 is 10.6 Å². The van der Waals surface area contributed by atoms with E-state index in [9.17, 15) is 9.59 Å². The standard InChI is InChI=1S/C21H34N2O2/c1-13-5-3-4-6-18(13)23-20(25)19(24)22-14(2)21-10-15-7-16(11-21)9-17(8-15)12-21/h13-18H,3-12H2,1-2H3,(H,22,24)(H,23,25). The second-order valence-corrected chi connectivity index (χ2v) is 9.82. The summed E-state index contributed by atoms with van der Waals surface area (Å²) in [5, 5.41) is 6.09. The highest BCUT2D eigenvalue weighted by molar-refractivity contribution is 6.35. The van der Waals surface area contributed by atoms with Gasteiger partial charge in [-0.3, -0.25) is 9.59 Å². The van der Waals surface area contributed by atoms with Crippen molar-refractivity contribution >= 4 is 11.8 Å². The molecule has 5 aliphatic carbocycles. The van der Waals surface area contributed by atoms with Crippen LogP contribution >= 0.6 is 0 Å². The third-order valence-electron chi connectivity index (χ3n) is 7.99. The van der Waals surface area contributed by atoms with Gasteiger partial charge in [-0.1, -0.05) is 19.8 Å². The van der Waals surface area contributed by atoms with Crippen LogP contribution in [-0.4, -0.2) is 23.9 Å². The minimum Gasteiger partial charge on any atom is -0.345 e. The number of hydrogen-bond donors (Lipinski definition) is 2. The van der Waals surface area contributed by atoms with Crippen molar-refractivity contribution in [1.82, 2.24) is 10.6 Å². The monoisotopic (exact) mass is 346 g/mol. The molecule has 2 N–H and O–H groups in total. The zero-order valence-corrected chi connectivity index (χ0v) is 15.9. The number of hydrogen-bond acceptors (Lipinski definition) is 2. The molecule has 0 spiro atoms. The van der Waals surface area contributed by atoms with Crippen LogP contribution in [0.15, 0.2) is 0 Å². The lowest BCUT2D eigenvalue weighted by molar-refractivity contribution is -0.142. The molecule has 3 atom stereocenters. The number of nitrogens with one attached hydrogen (secondary N) is 2. The lowest BCUT2D eigenvalue weighted by Crippen LogP contribution is -2.58. The van der Waals surface area contributed by atoms with Crippen molar-refractivity contribution in [2.45, 2.75) is 90.1 Å². The van der Waals surface area contributed by atoms with Crippen LogP contribution in [0.4, 0.5) is 0 Å². The van der Waals surface area contributed by atoms with E-state index in [1.807, 2.05) is 0 Å². The van der Waals surface area contributed by atoms with E-state index in [0.717, 1.165) is 37.0 Å². The van der Waals surface area contributed by atoms with E-state index >= 15 is 0 Å². The van der Waals surface area contributed by atoms with Crippen molar-refractivity contribution in [2.75, 3.05) is 0 Å². The van der Waals surface area contributed by atoms with E-state index in [1.165, 1.54) is 44.9 Å². The van der Waals surface area contributed by atoms with E-state index < -0.39 is 11.8 Å². The quantitative estimate of drug-likeness (QED) is 0.770. The van der Waals surface area contributed by atoms with Crippen LogP contribution in [-0.2, 0) is 9.59 Å². The van der Waals surface area contributed by atoms with Gasteiger partial charge in [0.05, 0.1) is 0 Å². The van der Waals surface area contributed by atoms with Crippen molar-refractivity contribution in [2.24, 2.45) is 29.1 Å². The molecule has 0 aromatic heterocycles. The molecule has 0 radical (unpaired) electrons. The number of carbonyl (C=O) groups excluding carboxylic acids is 2. The van der Waals surface area contributed by atoms with E-state index in [1.54, 1.807) is 0 Å². The fourth-order valence-corrected chi connectivity index (χ4v) is 6.89. The topological polar surface area (TPSA) is 58.2 Å². The predicted octanol–water partition coefficient (Wildman–Crippen LogP) is 3.40. The molecule has 3 unspecified atom stereocenters. The van der Waals surface area contributed by atoms with E-state index in [2.05, 4.69) is 24.5 Å². The van der Waals surface area contributed by atoms with Crippen molar-refractivity contribution < 1.29 is 9.59 Å². The Kier molecular flexibility index (Phi) is 4.57. The zero-order valence-electron chi connectivity index (χ0n) is 15.9. The first kappa shape index (κ1) is 17.4. The smallest absolute Gasteiger partial charge is 0.309 e. The van der Waals surface area contributed by atoms with Crippen LogP contribution < -0.4 is 10.6 Å². The Hall–Kier alpha value is -1.06. The van der Waals surface area contributed by atoms with Crippen molar-refractivity contribution in [3.05, 3.63) is 0 Å². The summed E-state index contributed by atoms with van der Waals surface area (Å²) in [6.45, 7) is 4.32. The average Bonchev–Trinajstić information content (AvgIpc) is 2.55. The van der Waals surface area contributed by atoms with Crippen LogP contribution in [0.5, 0.6) is 0 Å². The fraction of sp³-hybridized carbons (Fsp3) is 0.905. The Morgan fingerprint density at radius 3 is 2.04 bits per heavy atom. The third kappa shape index (κ3) is 3.33. The summed E-state index contributed by atoms with van der Waals surface area (Å²) >= 11 is 0. The first-order valence-corrected chi connectivity index (χ1v) is 10.6. The Balaban J connectivity index is 1.35. The molecule has 25 heavy (non-hydrogen) atoms. The molecule has 5 aliphatic rings. The van der Waals surface area contributed by atoms with Crippen molar-refractivity contribution in [3.63, 3.8) is 0 Å². The molecule has 0 aliphatic heterocycles. The summed E-state index contributed by atoms with van der Waals surface area (Å²) in [6, 6.07) is 0.282. The molecule has 4 bridgehead atoms. The molecule has 0 heterocycles. The molecule has 4 heteroatoms. The van der Waals surface area contributed by atoms with Gasteiger partial charge in [-0.05, 0) is 87.4 Å². The summed E-state index contributed by atoms with van der Waals surface area (Å²) in [6.07, 6.45) is 12.5. The molecule has 2 amide bonds. The zero-order chi connectivity index (χ0) is 17.6. The number of rotatable bonds is 3. The third-order valence-corrected chi connectivity index (χ3v) is 7.99. The maximum atomic E-state index is 12.5. The normalized spacial score (nSPS) is 43.5. The first-order valence-electron chi connectivity index (χ1n) is 10.6. The van der Waals surface area contributed by atoms with Gasteiger partial charge in [-0.2, -0.15) is 0 Å². The number of amides is 2. The molecule has 5 saturated carbocycles. The number of carbonyl (C=O) groups is 2. The Morgan fingerprint density at radius 1 is 0.920 bits per heavy atom. The van der Waals surface area contributed by atoms with Crippen LogP contribution in [0, 0.1) is 29.1 Å². The molecule has 4 nitrogen and oxygen atoms in total. The fourth-order valence-electron chi connectivity index (χ4n) is 6.89. The minimum atomic E-state index is -0.421. The maximum absolute atomic E-state index is 12.5. The van der Waals surface area contributed by atoms with Gasteiger partial charge in [-0.25, -0.2) is 0 Å². The van der Waals surface area contributed by atoms with Crippen LogP contribution in [0.1, 0.15) is 78.1 Å². The Bertz CT molecular complexity index is 509. The highest BCUT2D eigenvalue weighted by Gasteiger charge is 2.53. The van der Waals surface area contributed by atoms with E-state index in [4.69, 9.17) is 0 Å². The molecule has 0 aromatic rings. The Morgan fingerprint density at radius 2 is 1.48 bits per heavy atom. The highest BCUT2D eigenvalue weighted by Crippen LogP contribution is 2.61. The van der Waals surface area contributed by atoms with Gasteiger partial charge in [-0.15, -0.1) is 0 Å². The first-order chi connectivity index (χ1) is 11.9. The Labute approximate surface area is 151 Å². The van der Waals surface area contributed by atoms with Gasteiger partial charge in [0.15, 0.2) is 0 Å². The van der Waals surface area contributed by atoms with Gasteiger partial charge in [0.25, 0.3) is 0 Å². The van der Waals surface area contributed by atoms with Gasteiger partial charge in [0, 0.05) is 12.1 Å². The molecule has 0 saturated heterocycles. The summed E-state index contributed by atoms with van der Waals surface area (Å²) in [4.78, 5) is 24.9. The minimum absolute atomic E-state index is 0.114. The lowest BCUT2D eigenvalue weighted by atomic mass is 9.48. The summed E-state index contributed by atoms with van der Waals surface area (Å²) in [7, 11) is 0. The largest absolute Gasteiger partial charge is 0.345 e. The van der Waals surface area contributed by atoms with Gasteiger partial charge >= 0.3 is 11.8 Å². The van der Waals surface area contributed by atoms with Crippen LogP contribution in [0.3, 0.4) is 0 Å². The van der Waals surface area contributed by atoms with Gasteiger partial charge in [0.2, 0.25) is 0 Å². The van der Waals surface area contributed by atoms with Crippen molar-refractivity contribution in [1.29, 1.82) is 0 Å². The van der Waals surface area contributed by atoms with Crippen molar-refractivity contribution in [3.8, 4) is 0 Å². The summed E-state index contributed by atoms with van der Waals surface area (Å²) in [5.74, 6) is 2.23. The lowest BCUT2D eigenvalue weighted by Gasteiger charge is -2.59. The summed E-state index contributed by atoms with van der Waals surface area (Å²) < 4.78 is 0.